The van der Waals surface area contributed by atoms with Crippen LogP contribution in [0.3, 0.4) is 0 Å². The maximum Gasteiger partial charge on any atom is 0.100 e. The normalized spacial score (nSPS) is 18.6. The van der Waals surface area contributed by atoms with Crippen LogP contribution >= 0.6 is 0 Å². The highest BCUT2D eigenvalue weighted by atomic mass is 16.5. The molecule has 1 aliphatic rings. The molecular formula is C15H25NO. The molecule has 0 saturated carbocycles. The quantitative estimate of drug-likeness (QED) is 0.516. The zero-order valence-corrected chi connectivity index (χ0v) is 11.2. The summed E-state index contributed by atoms with van der Waals surface area (Å²) in [6.07, 6.45) is 10.0. The van der Waals surface area contributed by atoms with E-state index in [0.717, 1.165) is 24.5 Å². The molecule has 0 aromatic carbocycles. The number of piperidine rings is 1. The Hall–Kier alpha value is -1.02. The third kappa shape index (κ3) is 7.01. The number of nitrogens with zero attached hydrogens (tertiary/aromatic N) is 1. The highest BCUT2D eigenvalue weighted by Gasteiger charge is 2.08. The highest BCUT2D eigenvalue weighted by molar-refractivity contribution is 5.17. The molecule has 0 unspecified atom stereocenters. The van der Waals surface area contributed by atoms with Crippen molar-refractivity contribution in [1.29, 1.82) is 0 Å². The summed E-state index contributed by atoms with van der Waals surface area (Å²) in [6, 6.07) is 0. The van der Waals surface area contributed by atoms with Gasteiger partial charge in [0.25, 0.3) is 0 Å². The van der Waals surface area contributed by atoms with Crippen LogP contribution < -0.4 is 0 Å². The summed E-state index contributed by atoms with van der Waals surface area (Å²) in [5, 5.41) is 0. The third-order valence-electron chi connectivity index (χ3n) is 2.90. The fourth-order valence-corrected chi connectivity index (χ4v) is 1.91. The number of allylic oxidation sites excluding steroid dienone is 5. The van der Waals surface area contributed by atoms with Gasteiger partial charge < -0.3 is 4.74 Å². The Morgan fingerprint density at radius 2 is 1.94 bits per heavy atom. The van der Waals surface area contributed by atoms with Crippen LogP contribution in [0.5, 0.6) is 0 Å². The molecule has 0 aliphatic carbocycles. The van der Waals surface area contributed by atoms with Gasteiger partial charge in [-0.05, 0) is 45.9 Å². The first kappa shape index (κ1) is 14.0. The molecule has 1 saturated heterocycles. The summed E-state index contributed by atoms with van der Waals surface area (Å²) < 4.78 is 5.67. The van der Waals surface area contributed by atoms with Crippen molar-refractivity contribution in [3.8, 4) is 0 Å². The van der Waals surface area contributed by atoms with Crippen molar-refractivity contribution in [2.45, 2.75) is 33.1 Å². The van der Waals surface area contributed by atoms with Gasteiger partial charge >= 0.3 is 0 Å². The number of likely N-dealkylation sites (tertiary alicyclic amines) is 1. The van der Waals surface area contributed by atoms with Gasteiger partial charge in [-0.2, -0.15) is 0 Å². The van der Waals surface area contributed by atoms with E-state index in [2.05, 4.69) is 11.5 Å². The van der Waals surface area contributed by atoms with Crippen molar-refractivity contribution in [2.24, 2.45) is 0 Å². The summed E-state index contributed by atoms with van der Waals surface area (Å²) in [5.74, 6) is 0.972. The van der Waals surface area contributed by atoms with Gasteiger partial charge in [-0.25, -0.2) is 0 Å². The zero-order valence-electron chi connectivity index (χ0n) is 11.2. The standard InChI is InChI=1S/C15H25NO/c1-14(2)8-7-9-15(3)17-13-12-16-10-5-4-6-11-16/h7-9H,1,4-6,10-13H2,2-3H3/b8-7-,15-9+. The Kier molecular flexibility index (Phi) is 6.71. The second-order valence-corrected chi connectivity index (χ2v) is 4.73. The lowest BCUT2D eigenvalue weighted by Crippen LogP contribution is -2.32. The molecule has 1 rings (SSSR count). The molecule has 2 nitrogen and oxygen atoms in total. The van der Waals surface area contributed by atoms with E-state index < -0.39 is 0 Å². The van der Waals surface area contributed by atoms with Crippen molar-refractivity contribution < 1.29 is 4.74 Å². The first-order valence-electron chi connectivity index (χ1n) is 6.54. The van der Waals surface area contributed by atoms with Crippen LogP contribution in [0, 0.1) is 0 Å². The topological polar surface area (TPSA) is 12.5 Å². The summed E-state index contributed by atoms with van der Waals surface area (Å²) in [7, 11) is 0. The molecule has 1 fully saturated rings. The molecule has 0 bridgehead atoms. The predicted molar refractivity (Wildman–Crippen MR) is 74.0 cm³/mol. The van der Waals surface area contributed by atoms with Crippen molar-refractivity contribution in [2.75, 3.05) is 26.2 Å². The Labute approximate surface area is 106 Å². The van der Waals surface area contributed by atoms with E-state index in [-0.39, 0.29) is 0 Å². The van der Waals surface area contributed by atoms with E-state index in [0.29, 0.717) is 0 Å². The van der Waals surface area contributed by atoms with Gasteiger partial charge in [-0.15, -0.1) is 0 Å². The molecule has 0 N–H and O–H groups in total. The van der Waals surface area contributed by atoms with Gasteiger partial charge in [0.1, 0.15) is 6.61 Å². The zero-order chi connectivity index (χ0) is 12.5. The number of rotatable bonds is 6. The van der Waals surface area contributed by atoms with Crippen molar-refractivity contribution >= 4 is 0 Å². The van der Waals surface area contributed by atoms with Gasteiger partial charge in [0.2, 0.25) is 0 Å². The number of hydrogen-bond donors (Lipinski definition) is 0. The smallest absolute Gasteiger partial charge is 0.100 e. The predicted octanol–water partition coefficient (Wildman–Crippen LogP) is 3.53. The van der Waals surface area contributed by atoms with Crippen LogP contribution in [0.25, 0.3) is 0 Å². The van der Waals surface area contributed by atoms with E-state index in [1.807, 2.05) is 32.1 Å². The lowest BCUT2D eigenvalue weighted by atomic mass is 10.1. The molecule has 1 aliphatic heterocycles. The summed E-state index contributed by atoms with van der Waals surface area (Å²) >= 11 is 0. The molecule has 0 aromatic rings. The van der Waals surface area contributed by atoms with Crippen LogP contribution in [0.4, 0.5) is 0 Å². The Morgan fingerprint density at radius 3 is 2.59 bits per heavy atom. The maximum atomic E-state index is 5.67. The summed E-state index contributed by atoms with van der Waals surface area (Å²) in [6.45, 7) is 12.1. The average molecular weight is 235 g/mol. The first-order valence-corrected chi connectivity index (χ1v) is 6.54. The maximum absolute atomic E-state index is 5.67. The molecular weight excluding hydrogens is 210 g/mol. The minimum Gasteiger partial charge on any atom is -0.497 e. The van der Waals surface area contributed by atoms with Crippen LogP contribution in [-0.4, -0.2) is 31.1 Å². The molecule has 2 heteroatoms. The van der Waals surface area contributed by atoms with E-state index >= 15 is 0 Å². The van der Waals surface area contributed by atoms with Gasteiger partial charge in [-0.3, -0.25) is 4.90 Å². The van der Waals surface area contributed by atoms with Crippen LogP contribution in [0.1, 0.15) is 33.1 Å². The van der Waals surface area contributed by atoms with E-state index in [4.69, 9.17) is 4.74 Å². The molecule has 0 atom stereocenters. The number of ether oxygens (including phenoxy) is 1. The van der Waals surface area contributed by atoms with Gasteiger partial charge in [0.15, 0.2) is 0 Å². The molecule has 0 radical (unpaired) electrons. The molecule has 0 aromatic heterocycles. The van der Waals surface area contributed by atoms with E-state index in [9.17, 15) is 0 Å². The molecule has 0 spiro atoms. The lowest BCUT2D eigenvalue weighted by molar-refractivity contribution is 0.144. The SMILES string of the molecule is C=C(C)/C=C\C=C(/C)OCCN1CCCCC1. The average Bonchev–Trinajstić information content (AvgIpc) is 2.30. The van der Waals surface area contributed by atoms with Gasteiger partial charge in [-0.1, -0.05) is 30.7 Å². The first-order chi connectivity index (χ1) is 8.18. The molecule has 17 heavy (non-hydrogen) atoms. The fraction of sp³-hybridized carbons (Fsp3) is 0.600. The highest BCUT2D eigenvalue weighted by Crippen LogP contribution is 2.08. The monoisotopic (exact) mass is 235 g/mol. The van der Waals surface area contributed by atoms with Gasteiger partial charge in [0, 0.05) is 6.54 Å². The Balaban J connectivity index is 2.14. The van der Waals surface area contributed by atoms with Crippen molar-refractivity contribution in [1.82, 2.24) is 4.90 Å². The molecule has 1 heterocycles. The van der Waals surface area contributed by atoms with E-state index in [1.165, 1.54) is 32.4 Å². The molecule has 0 amide bonds. The van der Waals surface area contributed by atoms with Crippen LogP contribution in [0.2, 0.25) is 0 Å². The second kappa shape index (κ2) is 8.13. The third-order valence-corrected chi connectivity index (χ3v) is 2.90. The van der Waals surface area contributed by atoms with Crippen LogP contribution in [-0.2, 0) is 4.74 Å². The van der Waals surface area contributed by atoms with Crippen molar-refractivity contribution in [3.05, 3.63) is 36.1 Å². The minimum absolute atomic E-state index is 0.795. The second-order valence-electron chi connectivity index (χ2n) is 4.73. The number of hydrogen-bond acceptors (Lipinski definition) is 2. The largest absolute Gasteiger partial charge is 0.497 e. The summed E-state index contributed by atoms with van der Waals surface area (Å²) in [5.41, 5.74) is 1.06. The summed E-state index contributed by atoms with van der Waals surface area (Å²) in [4.78, 5) is 2.49. The Morgan fingerprint density at radius 1 is 1.24 bits per heavy atom. The van der Waals surface area contributed by atoms with E-state index in [1.54, 1.807) is 0 Å². The fourth-order valence-electron chi connectivity index (χ4n) is 1.91. The molecule has 96 valence electrons. The lowest BCUT2D eigenvalue weighted by Gasteiger charge is -2.26. The van der Waals surface area contributed by atoms with Gasteiger partial charge in [0.05, 0.1) is 5.76 Å². The Bertz CT molecular complexity index is 285. The minimum atomic E-state index is 0.795. The van der Waals surface area contributed by atoms with Crippen molar-refractivity contribution in [3.63, 3.8) is 0 Å². The van der Waals surface area contributed by atoms with Crippen LogP contribution in [0.15, 0.2) is 36.1 Å².